The molecule has 0 aliphatic carbocycles. The number of hydrogen-bond donors (Lipinski definition) is 2. The Bertz CT molecular complexity index is 697. The van der Waals surface area contributed by atoms with Gasteiger partial charge in [-0.15, -0.1) is 0 Å². The van der Waals surface area contributed by atoms with Gasteiger partial charge >= 0.3 is 0 Å². The molecule has 0 aromatic carbocycles. The van der Waals surface area contributed by atoms with E-state index in [1.165, 1.54) is 12.3 Å². The van der Waals surface area contributed by atoms with Gasteiger partial charge in [0.2, 0.25) is 0 Å². The molecule has 0 fully saturated rings. The quantitative estimate of drug-likeness (QED) is 0.910. The molecule has 1 atom stereocenters. The van der Waals surface area contributed by atoms with Crippen molar-refractivity contribution in [1.29, 1.82) is 0 Å². The number of aromatic amines is 1. The smallest absolute Gasteiger partial charge is 0.260 e. The number of halogens is 1. The van der Waals surface area contributed by atoms with Gasteiger partial charge in [-0.3, -0.25) is 14.6 Å². The van der Waals surface area contributed by atoms with Gasteiger partial charge in [0.15, 0.2) is 0 Å². The maximum atomic E-state index is 12.1. The Labute approximate surface area is 121 Å². The largest absolute Gasteiger partial charge is 0.344 e. The zero-order chi connectivity index (χ0) is 14.7. The molecule has 0 aliphatic heterocycles. The van der Waals surface area contributed by atoms with Crippen LogP contribution in [0.2, 0.25) is 5.02 Å². The van der Waals surface area contributed by atoms with Gasteiger partial charge in [0.05, 0.1) is 16.8 Å². The molecule has 2 aromatic rings. The number of pyridine rings is 2. The molecule has 0 bridgehead atoms. The van der Waals surface area contributed by atoms with E-state index in [2.05, 4.69) is 15.3 Å². The minimum Gasteiger partial charge on any atom is -0.344 e. The van der Waals surface area contributed by atoms with Gasteiger partial charge in [-0.05, 0) is 31.5 Å². The zero-order valence-corrected chi connectivity index (χ0v) is 11.9. The number of rotatable bonds is 3. The van der Waals surface area contributed by atoms with Gasteiger partial charge in [0.25, 0.3) is 11.5 Å². The number of nitrogens with one attached hydrogen (secondary N) is 2. The van der Waals surface area contributed by atoms with Crippen LogP contribution in [0.15, 0.2) is 35.4 Å². The van der Waals surface area contributed by atoms with Crippen LogP contribution >= 0.6 is 11.6 Å². The molecule has 0 spiro atoms. The summed E-state index contributed by atoms with van der Waals surface area (Å²) in [6.45, 7) is 3.73. The van der Waals surface area contributed by atoms with Crippen molar-refractivity contribution in [1.82, 2.24) is 15.3 Å². The highest BCUT2D eigenvalue weighted by molar-refractivity contribution is 6.30. The normalized spacial score (nSPS) is 11.9. The third-order valence-corrected chi connectivity index (χ3v) is 3.14. The summed E-state index contributed by atoms with van der Waals surface area (Å²) in [5, 5.41) is 3.04. The van der Waals surface area contributed by atoms with E-state index in [9.17, 15) is 9.59 Å². The first-order chi connectivity index (χ1) is 9.49. The standard InChI is InChI=1S/C14H14ClN3O2/c1-8-4-3-5-16-12(8)9(2)18-14(20)11-6-10(15)7-17-13(11)19/h3-7,9H,1-2H3,(H,17,19)(H,18,20)/t9-/m1/s1. The second kappa shape index (κ2) is 5.88. The third kappa shape index (κ3) is 3.05. The maximum Gasteiger partial charge on any atom is 0.260 e. The first kappa shape index (κ1) is 14.3. The van der Waals surface area contributed by atoms with E-state index in [1.54, 1.807) is 6.20 Å². The summed E-state index contributed by atoms with van der Waals surface area (Å²) in [5.74, 6) is -0.480. The fourth-order valence-electron chi connectivity index (χ4n) is 1.92. The summed E-state index contributed by atoms with van der Waals surface area (Å²) < 4.78 is 0. The lowest BCUT2D eigenvalue weighted by Crippen LogP contribution is -2.32. The van der Waals surface area contributed by atoms with Crippen LogP contribution in [0.3, 0.4) is 0 Å². The van der Waals surface area contributed by atoms with Crippen LogP contribution in [0.4, 0.5) is 0 Å². The predicted molar refractivity (Wildman–Crippen MR) is 76.9 cm³/mol. The molecule has 20 heavy (non-hydrogen) atoms. The highest BCUT2D eigenvalue weighted by Gasteiger charge is 2.16. The van der Waals surface area contributed by atoms with Gasteiger partial charge in [0.1, 0.15) is 5.56 Å². The molecule has 104 valence electrons. The number of aromatic nitrogens is 2. The van der Waals surface area contributed by atoms with Crippen molar-refractivity contribution in [2.45, 2.75) is 19.9 Å². The van der Waals surface area contributed by atoms with E-state index >= 15 is 0 Å². The van der Waals surface area contributed by atoms with Gasteiger partial charge < -0.3 is 10.3 Å². The fourth-order valence-corrected chi connectivity index (χ4v) is 2.08. The minimum atomic E-state index is -0.480. The van der Waals surface area contributed by atoms with Gasteiger partial charge in [-0.25, -0.2) is 0 Å². The number of nitrogens with zero attached hydrogens (tertiary/aromatic N) is 1. The number of carbonyl (C=O) groups is 1. The Morgan fingerprint density at radius 2 is 2.25 bits per heavy atom. The molecule has 2 heterocycles. The van der Waals surface area contributed by atoms with Crippen LogP contribution in [0.1, 0.15) is 34.6 Å². The Morgan fingerprint density at radius 3 is 2.95 bits per heavy atom. The second-order valence-electron chi connectivity index (χ2n) is 4.46. The number of amides is 1. The van der Waals surface area contributed by atoms with Crippen LogP contribution in [-0.2, 0) is 0 Å². The summed E-state index contributed by atoms with van der Waals surface area (Å²) in [5.41, 5.74) is 1.24. The van der Waals surface area contributed by atoms with Gasteiger partial charge in [0, 0.05) is 12.4 Å². The van der Waals surface area contributed by atoms with Gasteiger partial charge in [-0.2, -0.15) is 0 Å². The Kier molecular flexibility index (Phi) is 4.20. The highest BCUT2D eigenvalue weighted by Crippen LogP contribution is 2.14. The summed E-state index contributed by atoms with van der Waals surface area (Å²) in [7, 11) is 0. The molecule has 0 radical (unpaired) electrons. The topological polar surface area (TPSA) is 74.8 Å². The SMILES string of the molecule is Cc1cccnc1[C@@H](C)NC(=O)c1cc(Cl)c[nH]c1=O. The lowest BCUT2D eigenvalue weighted by molar-refractivity contribution is 0.0937. The summed E-state index contributed by atoms with van der Waals surface area (Å²) in [4.78, 5) is 30.4. The summed E-state index contributed by atoms with van der Waals surface area (Å²) in [6, 6.07) is 4.78. The van der Waals surface area contributed by atoms with Crippen LogP contribution in [0.5, 0.6) is 0 Å². The Balaban J connectivity index is 2.22. The predicted octanol–water partition coefficient (Wildman–Crippen LogP) is 2.22. The van der Waals surface area contributed by atoms with E-state index in [0.717, 1.165) is 11.3 Å². The van der Waals surface area contributed by atoms with E-state index in [4.69, 9.17) is 11.6 Å². The Hall–Kier alpha value is -2.14. The summed E-state index contributed by atoms with van der Waals surface area (Å²) in [6.07, 6.45) is 3.00. The molecule has 2 aromatic heterocycles. The van der Waals surface area contributed by atoms with E-state index < -0.39 is 11.5 Å². The molecule has 5 nitrogen and oxygen atoms in total. The monoisotopic (exact) mass is 291 g/mol. The van der Waals surface area contributed by atoms with E-state index in [0.29, 0.717) is 5.02 Å². The molecule has 6 heteroatoms. The van der Waals surface area contributed by atoms with Crippen molar-refractivity contribution >= 4 is 17.5 Å². The van der Waals surface area contributed by atoms with Crippen LogP contribution in [0.25, 0.3) is 0 Å². The van der Waals surface area contributed by atoms with Crippen LogP contribution in [0, 0.1) is 6.92 Å². The maximum absolute atomic E-state index is 12.1. The second-order valence-corrected chi connectivity index (χ2v) is 4.90. The molecular weight excluding hydrogens is 278 g/mol. The van der Waals surface area contributed by atoms with Crippen molar-refractivity contribution in [2.75, 3.05) is 0 Å². The molecule has 0 unspecified atom stereocenters. The molecular formula is C14H14ClN3O2. The first-order valence-electron chi connectivity index (χ1n) is 6.09. The molecule has 2 N–H and O–H groups in total. The number of H-pyrrole nitrogens is 1. The molecule has 1 amide bonds. The lowest BCUT2D eigenvalue weighted by Gasteiger charge is -2.15. The van der Waals surface area contributed by atoms with Crippen molar-refractivity contribution in [2.24, 2.45) is 0 Å². The molecule has 0 saturated heterocycles. The van der Waals surface area contributed by atoms with Crippen molar-refractivity contribution in [3.05, 3.63) is 62.8 Å². The van der Waals surface area contributed by atoms with Crippen LogP contribution in [-0.4, -0.2) is 15.9 Å². The number of hydrogen-bond acceptors (Lipinski definition) is 3. The molecule has 0 aliphatic rings. The fraction of sp³-hybridized carbons (Fsp3) is 0.214. The van der Waals surface area contributed by atoms with Crippen molar-refractivity contribution < 1.29 is 4.79 Å². The van der Waals surface area contributed by atoms with Crippen molar-refractivity contribution in [3.8, 4) is 0 Å². The summed E-state index contributed by atoms with van der Waals surface area (Å²) >= 11 is 5.78. The van der Waals surface area contributed by atoms with E-state index in [1.807, 2.05) is 26.0 Å². The lowest BCUT2D eigenvalue weighted by atomic mass is 10.1. The highest BCUT2D eigenvalue weighted by atomic mass is 35.5. The van der Waals surface area contributed by atoms with Gasteiger partial charge in [-0.1, -0.05) is 17.7 Å². The minimum absolute atomic E-state index is 0.0158. The molecule has 2 rings (SSSR count). The van der Waals surface area contributed by atoms with Crippen molar-refractivity contribution in [3.63, 3.8) is 0 Å². The average molecular weight is 292 g/mol. The average Bonchev–Trinajstić information content (AvgIpc) is 2.41. The van der Waals surface area contributed by atoms with E-state index in [-0.39, 0.29) is 11.6 Å². The number of aryl methyl sites for hydroxylation is 1. The third-order valence-electron chi connectivity index (χ3n) is 2.92. The Morgan fingerprint density at radius 1 is 1.50 bits per heavy atom. The zero-order valence-electron chi connectivity index (χ0n) is 11.1. The van der Waals surface area contributed by atoms with Crippen LogP contribution < -0.4 is 10.9 Å². The number of carbonyl (C=O) groups excluding carboxylic acids is 1. The first-order valence-corrected chi connectivity index (χ1v) is 6.47. The molecule has 0 saturated carbocycles.